The van der Waals surface area contributed by atoms with Crippen molar-refractivity contribution in [1.82, 2.24) is 0 Å². The minimum atomic E-state index is 0.680. The summed E-state index contributed by atoms with van der Waals surface area (Å²) in [6.45, 7) is 2.09. The maximum atomic E-state index is 6.03. The Kier molecular flexibility index (Phi) is 2.95. The lowest BCUT2D eigenvalue weighted by atomic mass is 9.93. The summed E-state index contributed by atoms with van der Waals surface area (Å²) in [6, 6.07) is 20.0. The van der Waals surface area contributed by atoms with Crippen molar-refractivity contribution in [3.05, 3.63) is 71.6 Å². The summed E-state index contributed by atoms with van der Waals surface area (Å²) >= 11 is 0. The number of hydrogen-bond donors (Lipinski definition) is 2. The van der Waals surface area contributed by atoms with Crippen molar-refractivity contribution < 1.29 is 9.83 Å². The molecule has 2 aliphatic rings. The summed E-state index contributed by atoms with van der Waals surface area (Å²) in [6.07, 6.45) is 0. The molecule has 3 heteroatoms. The van der Waals surface area contributed by atoms with Crippen LogP contribution in [0.3, 0.4) is 0 Å². The summed E-state index contributed by atoms with van der Waals surface area (Å²) in [7, 11) is 0. The van der Waals surface area contributed by atoms with Gasteiger partial charge in [-0.1, -0.05) is 29.8 Å². The lowest BCUT2D eigenvalue weighted by molar-refractivity contribution is -0.172. The molecule has 0 atom stereocenters. The summed E-state index contributed by atoms with van der Waals surface area (Å²) < 4.78 is 6.03. The van der Waals surface area contributed by atoms with Crippen molar-refractivity contribution in [3.8, 4) is 22.5 Å². The first kappa shape index (κ1) is 13.6. The van der Waals surface area contributed by atoms with Crippen molar-refractivity contribution in [2.75, 3.05) is 5.73 Å². The predicted octanol–water partition coefficient (Wildman–Crippen LogP) is 2.76. The van der Waals surface area contributed by atoms with Crippen LogP contribution in [0.2, 0.25) is 0 Å². The van der Waals surface area contributed by atoms with E-state index < -0.39 is 0 Å². The third-order valence-electron chi connectivity index (χ3n) is 4.11. The van der Waals surface area contributed by atoms with E-state index in [2.05, 4.69) is 31.2 Å². The first-order valence-corrected chi connectivity index (χ1v) is 7.53. The smallest absolute Gasteiger partial charge is 0.200 e. The minimum Gasteiger partial charge on any atom is -0.456 e. The fourth-order valence-electron chi connectivity index (χ4n) is 2.95. The lowest BCUT2D eigenvalue weighted by Crippen LogP contribution is -2.44. The first-order chi connectivity index (χ1) is 11.1. The molecule has 1 heterocycles. The van der Waals surface area contributed by atoms with Gasteiger partial charge in [0.2, 0.25) is 0 Å². The molecule has 0 spiro atoms. The van der Waals surface area contributed by atoms with Crippen molar-refractivity contribution in [2.45, 2.75) is 6.92 Å². The molecule has 0 bridgehead atoms. The van der Waals surface area contributed by atoms with E-state index in [1.807, 2.05) is 36.4 Å². The van der Waals surface area contributed by atoms with Gasteiger partial charge in [-0.25, -0.2) is 0 Å². The fraction of sp³-hybridized carbons (Fsp3) is 0.0500. The molecule has 3 nitrogen and oxygen atoms in total. The molecule has 0 aromatic heterocycles. The molecule has 4 rings (SSSR count). The summed E-state index contributed by atoms with van der Waals surface area (Å²) in [4.78, 5) is 0. The number of anilines is 1. The molecule has 2 aromatic carbocycles. The van der Waals surface area contributed by atoms with E-state index in [1.165, 1.54) is 5.56 Å². The Bertz CT molecular complexity index is 1050. The quantitative estimate of drug-likeness (QED) is 0.419. The van der Waals surface area contributed by atoms with Gasteiger partial charge in [-0.2, -0.15) is 0 Å². The zero-order valence-corrected chi connectivity index (χ0v) is 12.8. The van der Waals surface area contributed by atoms with Crippen molar-refractivity contribution in [2.24, 2.45) is 0 Å². The Morgan fingerprint density at radius 2 is 1.70 bits per heavy atom. The molecule has 0 fully saturated rings. The molecule has 1 aliphatic heterocycles. The van der Waals surface area contributed by atoms with E-state index in [1.54, 1.807) is 0 Å². The van der Waals surface area contributed by atoms with Crippen molar-refractivity contribution in [3.63, 3.8) is 0 Å². The molecule has 0 radical (unpaired) electrons. The van der Waals surface area contributed by atoms with Crippen molar-refractivity contribution in [1.29, 1.82) is 0 Å². The summed E-state index contributed by atoms with van der Waals surface area (Å²) in [5.41, 5.74) is 11.9. The second kappa shape index (κ2) is 4.99. The largest absolute Gasteiger partial charge is 0.456 e. The molecule has 4 N–H and O–H groups in total. The molecule has 23 heavy (non-hydrogen) atoms. The van der Waals surface area contributed by atoms with Gasteiger partial charge >= 0.3 is 0 Å². The number of nitrogens with two attached hydrogens (primary N) is 2. The summed E-state index contributed by atoms with van der Waals surface area (Å²) in [5.74, 6) is 0.763. The van der Waals surface area contributed by atoms with Crippen LogP contribution in [0, 0.1) is 6.92 Å². The number of rotatable bonds is 1. The Labute approximate surface area is 133 Å². The second-order valence-corrected chi connectivity index (χ2v) is 5.85. The highest BCUT2D eigenvalue weighted by Gasteiger charge is 2.17. The molecule has 0 saturated carbocycles. The SMILES string of the molecule is Cc1ccc(-c2c3ccc(=[NH2+])cc-3oc3cc(N)ccc23)cc1. The number of nitrogen functional groups attached to an aromatic ring is 1. The number of fused-ring (bicyclic) bond motifs is 2. The van der Waals surface area contributed by atoms with Crippen LogP contribution >= 0.6 is 0 Å². The topological polar surface area (TPSA) is 64.8 Å². The predicted molar refractivity (Wildman–Crippen MR) is 92.5 cm³/mol. The first-order valence-electron chi connectivity index (χ1n) is 7.53. The monoisotopic (exact) mass is 301 g/mol. The van der Waals surface area contributed by atoms with Crippen LogP contribution in [-0.2, 0) is 0 Å². The number of aryl methyl sites for hydroxylation is 1. The van der Waals surface area contributed by atoms with Gasteiger partial charge < -0.3 is 10.2 Å². The second-order valence-electron chi connectivity index (χ2n) is 5.85. The van der Waals surface area contributed by atoms with Crippen LogP contribution in [0.5, 0.6) is 0 Å². The van der Waals surface area contributed by atoms with E-state index in [9.17, 15) is 0 Å². The zero-order chi connectivity index (χ0) is 16.0. The molecule has 0 unspecified atom stereocenters. The van der Waals surface area contributed by atoms with Gasteiger partial charge in [-0.15, -0.1) is 0 Å². The van der Waals surface area contributed by atoms with Gasteiger partial charge in [0.25, 0.3) is 0 Å². The van der Waals surface area contributed by atoms with Crippen molar-refractivity contribution >= 4 is 16.7 Å². The molecule has 1 aliphatic carbocycles. The van der Waals surface area contributed by atoms with E-state index in [-0.39, 0.29) is 0 Å². The lowest BCUT2D eigenvalue weighted by Gasteiger charge is -2.15. The van der Waals surface area contributed by atoms with E-state index in [0.717, 1.165) is 33.4 Å². The Morgan fingerprint density at radius 1 is 0.913 bits per heavy atom. The van der Waals surface area contributed by atoms with Gasteiger partial charge in [-0.3, -0.25) is 5.41 Å². The number of hydrogen-bond acceptors (Lipinski definition) is 2. The maximum absolute atomic E-state index is 6.03. The highest BCUT2D eigenvalue weighted by Crippen LogP contribution is 2.40. The highest BCUT2D eigenvalue weighted by atomic mass is 16.3. The highest BCUT2D eigenvalue weighted by molar-refractivity contribution is 6.02. The Balaban J connectivity index is 2.17. The Morgan fingerprint density at radius 3 is 2.48 bits per heavy atom. The average molecular weight is 301 g/mol. The van der Waals surface area contributed by atoms with E-state index in [4.69, 9.17) is 15.6 Å². The standard InChI is InChI=1S/C20H16N2O/c1-12-2-4-13(5-3-12)20-16-8-6-14(21)10-18(16)23-19-11-15(22)7-9-17(19)20/h2-11,21H,22H2,1H3/p+1. The fourth-order valence-corrected chi connectivity index (χ4v) is 2.95. The Hall–Kier alpha value is -3.07. The van der Waals surface area contributed by atoms with Gasteiger partial charge in [0.1, 0.15) is 11.3 Å². The third-order valence-corrected chi connectivity index (χ3v) is 4.11. The molecular weight excluding hydrogens is 284 g/mol. The van der Waals surface area contributed by atoms with Crippen LogP contribution in [0.15, 0.2) is 65.1 Å². The van der Waals surface area contributed by atoms with E-state index in [0.29, 0.717) is 11.0 Å². The number of benzene rings is 3. The van der Waals surface area contributed by atoms with Gasteiger partial charge in [0.05, 0.1) is 6.07 Å². The van der Waals surface area contributed by atoms with Crippen LogP contribution in [-0.4, -0.2) is 0 Å². The van der Waals surface area contributed by atoms with Crippen LogP contribution in [0.25, 0.3) is 33.4 Å². The molecule has 112 valence electrons. The molecule has 0 saturated heterocycles. The van der Waals surface area contributed by atoms with Gasteiger partial charge in [0, 0.05) is 34.3 Å². The molecule has 0 amide bonds. The van der Waals surface area contributed by atoms with Gasteiger partial charge in [0.15, 0.2) is 5.36 Å². The summed E-state index contributed by atoms with van der Waals surface area (Å²) in [5, 5.41) is 7.64. The van der Waals surface area contributed by atoms with E-state index >= 15 is 0 Å². The molecule has 2 aromatic rings. The minimum absolute atomic E-state index is 0.680. The third kappa shape index (κ3) is 2.27. The van der Waals surface area contributed by atoms with Crippen LogP contribution < -0.4 is 16.5 Å². The normalized spacial score (nSPS) is 11.2. The molecular formula is C20H17N2O+. The van der Waals surface area contributed by atoms with Crippen LogP contribution in [0.4, 0.5) is 5.69 Å². The maximum Gasteiger partial charge on any atom is 0.200 e. The van der Waals surface area contributed by atoms with Gasteiger partial charge in [-0.05, 0) is 30.7 Å². The zero-order valence-electron chi connectivity index (χ0n) is 12.8. The van der Waals surface area contributed by atoms with Crippen LogP contribution in [0.1, 0.15) is 5.56 Å². The average Bonchev–Trinajstić information content (AvgIpc) is 2.53.